The Hall–Kier alpha value is -3.82. The van der Waals surface area contributed by atoms with Crippen molar-refractivity contribution >= 4 is 22.9 Å². The molecule has 5 rings (SSSR count). The number of ether oxygens (including phenoxy) is 1. The number of hydrogen-bond acceptors (Lipinski definition) is 7. The van der Waals surface area contributed by atoms with Crippen molar-refractivity contribution in [3.63, 3.8) is 0 Å². The quantitative estimate of drug-likeness (QED) is 0.301. The molecular formula is C30H37N7O2. The lowest BCUT2D eigenvalue weighted by Gasteiger charge is -2.33. The summed E-state index contributed by atoms with van der Waals surface area (Å²) < 4.78 is 7.61. The molecule has 0 unspecified atom stereocenters. The molecule has 0 spiro atoms. The lowest BCUT2D eigenvalue weighted by Crippen LogP contribution is -2.42. The van der Waals surface area contributed by atoms with Gasteiger partial charge in [0, 0.05) is 69.7 Å². The van der Waals surface area contributed by atoms with Gasteiger partial charge < -0.3 is 25.7 Å². The number of piperidine rings is 1. The van der Waals surface area contributed by atoms with E-state index in [1.807, 2.05) is 35.2 Å². The number of imidazole rings is 1. The maximum absolute atomic E-state index is 13.3. The first kappa shape index (κ1) is 26.8. The topological polar surface area (TPSA) is 125 Å². The number of nitrogen functional groups attached to an aromatic ring is 1. The predicted octanol–water partition coefficient (Wildman–Crippen LogP) is 3.78. The fourth-order valence-electron chi connectivity index (χ4n) is 5.47. The number of aromatic nitrogens is 4. The molecule has 4 aromatic rings. The molecule has 1 aliphatic rings. The van der Waals surface area contributed by atoms with Gasteiger partial charge >= 0.3 is 0 Å². The van der Waals surface area contributed by atoms with E-state index in [0.29, 0.717) is 26.0 Å². The number of rotatable bonds is 10. The van der Waals surface area contributed by atoms with E-state index in [4.69, 9.17) is 21.2 Å². The zero-order valence-corrected chi connectivity index (χ0v) is 22.5. The molecule has 0 bridgehead atoms. The van der Waals surface area contributed by atoms with E-state index in [0.717, 1.165) is 65.9 Å². The number of aryl methyl sites for hydroxylation is 1. The number of carbonyl (C=O) groups is 1. The standard InChI is InChI=1S/C30H37N7O2/c1-39-15-5-14-37-27-8-3-2-7-26(27)35-29(37)23-6-4-13-36(20-23)28(38)17-25(31)16-21-9-11-22(12-10-21)24-18-33-30(32)34-19-24/h2-3,7-12,18-19,23,25H,4-6,13-17,20,31H2,1H3,(H2,32,33,34)/t23-,25-/m1/s1. The van der Waals surface area contributed by atoms with Crippen LogP contribution in [0.15, 0.2) is 60.9 Å². The van der Waals surface area contributed by atoms with Gasteiger partial charge in [-0.05, 0) is 48.9 Å². The monoisotopic (exact) mass is 527 g/mol. The molecule has 39 heavy (non-hydrogen) atoms. The Morgan fingerprint density at radius 3 is 2.64 bits per heavy atom. The molecule has 2 atom stereocenters. The van der Waals surface area contributed by atoms with Crippen LogP contribution in [-0.2, 0) is 22.5 Å². The van der Waals surface area contributed by atoms with Crippen LogP contribution in [0.2, 0.25) is 0 Å². The molecule has 4 N–H and O–H groups in total. The number of fused-ring (bicyclic) bond motifs is 1. The summed E-state index contributed by atoms with van der Waals surface area (Å²) in [4.78, 5) is 28.4. The molecule has 9 heteroatoms. The number of anilines is 1. The second-order valence-electron chi connectivity index (χ2n) is 10.3. The number of hydrogen-bond donors (Lipinski definition) is 2. The van der Waals surface area contributed by atoms with Crippen molar-refractivity contribution in [2.24, 2.45) is 5.73 Å². The summed E-state index contributed by atoms with van der Waals surface area (Å²) in [5, 5.41) is 0. The summed E-state index contributed by atoms with van der Waals surface area (Å²) in [7, 11) is 1.73. The van der Waals surface area contributed by atoms with Gasteiger partial charge in [-0.15, -0.1) is 0 Å². The van der Waals surface area contributed by atoms with E-state index in [2.05, 4.69) is 32.7 Å². The molecule has 1 saturated heterocycles. The fraction of sp³-hybridized carbons (Fsp3) is 0.400. The number of amides is 1. The molecular weight excluding hydrogens is 490 g/mol. The first-order valence-electron chi connectivity index (χ1n) is 13.7. The Morgan fingerprint density at radius 2 is 1.87 bits per heavy atom. The van der Waals surface area contributed by atoms with Gasteiger partial charge in [0.2, 0.25) is 11.9 Å². The molecule has 0 radical (unpaired) electrons. The van der Waals surface area contributed by atoms with Gasteiger partial charge in [-0.2, -0.15) is 0 Å². The lowest BCUT2D eigenvalue weighted by molar-refractivity contribution is -0.132. The molecule has 0 aliphatic carbocycles. The Morgan fingerprint density at radius 1 is 1.10 bits per heavy atom. The third-order valence-electron chi connectivity index (χ3n) is 7.45. The maximum atomic E-state index is 13.3. The first-order chi connectivity index (χ1) is 19.0. The summed E-state index contributed by atoms with van der Waals surface area (Å²) in [6.07, 6.45) is 7.28. The second-order valence-corrected chi connectivity index (χ2v) is 10.3. The predicted molar refractivity (Wildman–Crippen MR) is 153 cm³/mol. The Bertz CT molecular complexity index is 1380. The van der Waals surface area contributed by atoms with Crippen molar-refractivity contribution in [3.05, 3.63) is 72.3 Å². The molecule has 1 aliphatic heterocycles. The van der Waals surface area contributed by atoms with Gasteiger partial charge in [-0.1, -0.05) is 36.4 Å². The van der Waals surface area contributed by atoms with Crippen molar-refractivity contribution in [1.29, 1.82) is 0 Å². The van der Waals surface area contributed by atoms with Gasteiger partial charge in [-0.25, -0.2) is 15.0 Å². The number of carbonyl (C=O) groups excluding carboxylic acids is 1. The normalized spacial score (nSPS) is 16.5. The van der Waals surface area contributed by atoms with Crippen molar-refractivity contribution in [1.82, 2.24) is 24.4 Å². The first-order valence-corrected chi connectivity index (χ1v) is 13.7. The molecule has 0 saturated carbocycles. The zero-order valence-electron chi connectivity index (χ0n) is 22.5. The highest BCUT2D eigenvalue weighted by atomic mass is 16.5. The summed E-state index contributed by atoms with van der Waals surface area (Å²) in [6.45, 7) is 3.00. The van der Waals surface area contributed by atoms with Gasteiger partial charge in [0.25, 0.3) is 0 Å². The van der Waals surface area contributed by atoms with Crippen LogP contribution < -0.4 is 11.5 Å². The third-order valence-corrected chi connectivity index (χ3v) is 7.45. The molecule has 2 aromatic heterocycles. The average molecular weight is 528 g/mol. The highest BCUT2D eigenvalue weighted by molar-refractivity contribution is 5.78. The SMILES string of the molecule is COCCCn1c([C@@H]2CCCN(C(=O)C[C@H](N)Cc3ccc(-c4cnc(N)nc4)cc3)C2)nc2ccccc21. The molecule has 1 fully saturated rings. The van der Waals surface area contributed by atoms with Crippen LogP contribution in [0.5, 0.6) is 0 Å². The second kappa shape index (κ2) is 12.4. The molecule has 204 valence electrons. The molecule has 3 heterocycles. The Labute approximate surface area is 229 Å². The average Bonchev–Trinajstić information content (AvgIpc) is 3.33. The number of likely N-dealkylation sites (tertiary alicyclic amines) is 1. The summed E-state index contributed by atoms with van der Waals surface area (Å²) >= 11 is 0. The van der Waals surface area contributed by atoms with Gasteiger partial charge in [0.1, 0.15) is 5.82 Å². The smallest absolute Gasteiger partial charge is 0.224 e. The minimum absolute atomic E-state index is 0.116. The summed E-state index contributed by atoms with van der Waals surface area (Å²) in [6, 6.07) is 16.1. The van der Waals surface area contributed by atoms with E-state index >= 15 is 0 Å². The number of benzene rings is 2. The highest BCUT2D eigenvalue weighted by Crippen LogP contribution is 2.30. The van der Waals surface area contributed by atoms with Gasteiger partial charge in [0.15, 0.2) is 0 Å². The Kier molecular flexibility index (Phi) is 8.48. The third kappa shape index (κ3) is 6.43. The van der Waals surface area contributed by atoms with Crippen molar-refractivity contribution in [3.8, 4) is 11.1 Å². The Balaban J connectivity index is 1.21. The van der Waals surface area contributed by atoms with E-state index in [1.165, 1.54) is 0 Å². The number of para-hydroxylation sites is 2. The van der Waals surface area contributed by atoms with E-state index in [1.54, 1.807) is 19.5 Å². The van der Waals surface area contributed by atoms with Crippen LogP contribution in [0.1, 0.15) is 43.0 Å². The van der Waals surface area contributed by atoms with Crippen molar-refractivity contribution in [2.45, 2.75) is 50.6 Å². The van der Waals surface area contributed by atoms with E-state index in [-0.39, 0.29) is 23.8 Å². The van der Waals surface area contributed by atoms with Crippen LogP contribution in [-0.4, -0.2) is 63.2 Å². The van der Waals surface area contributed by atoms with Crippen LogP contribution in [0.4, 0.5) is 5.95 Å². The molecule has 2 aromatic carbocycles. The van der Waals surface area contributed by atoms with Crippen LogP contribution in [0.25, 0.3) is 22.2 Å². The maximum Gasteiger partial charge on any atom is 0.224 e. The van der Waals surface area contributed by atoms with Gasteiger partial charge in [0.05, 0.1) is 11.0 Å². The van der Waals surface area contributed by atoms with Gasteiger partial charge in [-0.3, -0.25) is 4.79 Å². The number of nitrogens with two attached hydrogens (primary N) is 2. The zero-order chi connectivity index (χ0) is 27.2. The van der Waals surface area contributed by atoms with Crippen LogP contribution in [0, 0.1) is 0 Å². The van der Waals surface area contributed by atoms with Crippen LogP contribution in [0.3, 0.4) is 0 Å². The van der Waals surface area contributed by atoms with Crippen molar-refractivity contribution in [2.75, 3.05) is 32.5 Å². The lowest BCUT2D eigenvalue weighted by atomic mass is 9.95. The van der Waals surface area contributed by atoms with E-state index < -0.39 is 0 Å². The van der Waals surface area contributed by atoms with Crippen LogP contribution >= 0.6 is 0 Å². The largest absolute Gasteiger partial charge is 0.385 e. The number of methoxy groups -OCH3 is 1. The fourth-order valence-corrected chi connectivity index (χ4v) is 5.47. The minimum atomic E-state index is -0.248. The summed E-state index contributed by atoms with van der Waals surface area (Å²) in [5.74, 6) is 1.65. The molecule has 9 nitrogen and oxygen atoms in total. The minimum Gasteiger partial charge on any atom is -0.385 e. The van der Waals surface area contributed by atoms with E-state index in [9.17, 15) is 4.79 Å². The molecule has 1 amide bonds. The van der Waals surface area contributed by atoms with Crippen molar-refractivity contribution < 1.29 is 9.53 Å². The highest BCUT2D eigenvalue weighted by Gasteiger charge is 2.29. The summed E-state index contributed by atoms with van der Waals surface area (Å²) in [5.41, 5.74) is 17.2. The number of nitrogens with zero attached hydrogens (tertiary/aromatic N) is 5.